The number of nitrogens with zero attached hydrogens (tertiary/aromatic N) is 2. The van der Waals surface area contributed by atoms with Crippen LogP contribution in [0.2, 0.25) is 0 Å². The molecule has 0 bridgehead atoms. The molecule has 3 aromatic rings. The lowest BCUT2D eigenvalue weighted by Crippen LogP contribution is -2.43. The van der Waals surface area contributed by atoms with Crippen molar-refractivity contribution in [3.05, 3.63) is 66.9 Å². The largest absolute Gasteiger partial charge is 0.484 e. The van der Waals surface area contributed by atoms with Crippen molar-refractivity contribution in [3.8, 4) is 5.75 Å². The summed E-state index contributed by atoms with van der Waals surface area (Å²) in [6.45, 7) is 1.13. The summed E-state index contributed by atoms with van der Waals surface area (Å²) in [5.41, 5.74) is 1.51. The van der Waals surface area contributed by atoms with Crippen LogP contribution in [0.25, 0.3) is 10.9 Å². The normalized spacial score (nSPS) is 14.6. The Hall–Kier alpha value is -3.41. The second-order valence-electron chi connectivity index (χ2n) is 7.13. The predicted molar refractivity (Wildman–Crippen MR) is 112 cm³/mol. The first-order valence-electron chi connectivity index (χ1n) is 9.81. The molecular formula is C23H23N3O3. The SMILES string of the molecule is O=C(Nc1cccc2cccnc12)C1CCN(C(=O)COc2ccccc2)CC1. The molecule has 29 heavy (non-hydrogen) atoms. The first-order chi connectivity index (χ1) is 14.2. The molecule has 2 amide bonds. The van der Waals surface area contributed by atoms with E-state index in [1.54, 1.807) is 11.1 Å². The Morgan fingerprint density at radius 2 is 1.76 bits per heavy atom. The second kappa shape index (κ2) is 8.73. The number of piperidine rings is 1. The quantitative estimate of drug-likeness (QED) is 0.725. The minimum atomic E-state index is -0.118. The van der Waals surface area contributed by atoms with Crippen molar-refractivity contribution in [2.24, 2.45) is 5.92 Å². The Kier molecular flexibility index (Phi) is 5.70. The van der Waals surface area contributed by atoms with Crippen LogP contribution in [0.5, 0.6) is 5.75 Å². The predicted octanol–water partition coefficient (Wildman–Crippen LogP) is 3.49. The zero-order valence-electron chi connectivity index (χ0n) is 16.1. The lowest BCUT2D eigenvalue weighted by Gasteiger charge is -2.31. The Morgan fingerprint density at radius 1 is 1.00 bits per heavy atom. The summed E-state index contributed by atoms with van der Waals surface area (Å²) in [4.78, 5) is 31.3. The van der Waals surface area contributed by atoms with Gasteiger partial charge in [0, 0.05) is 30.6 Å². The van der Waals surface area contributed by atoms with Crippen LogP contribution >= 0.6 is 0 Å². The molecule has 0 unspecified atom stereocenters. The van der Waals surface area contributed by atoms with Gasteiger partial charge in [-0.3, -0.25) is 14.6 Å². The van der Waals surface area contributed by atoms with Crippen molar-refractivity contribution < 1.29 is 14.3 Å². The molecule has 0 atom stereocenters. The van der Waals surface area contributed by atoms with Crippen molar-refractivity contribution in [1.82, 2.24) is 9.88 Å². The summed E-state index contributed by atoms with van der Waals surface area (Å²) >= 11 is 0. The van der Waals surface area contributed by atoms with Crippen molar-refractivity contribution in [3.63, 3.8) is 0 Å². The van der Waals surface area contributed by atoms with Crippen LogP contribution in [0.3, 0.4) is 0 Å². The van der Waals surface area contributed by atoms with Crippen molar-refractivity contribution in [1.29, 1.82) is 0 Å². The van der Waals surface area contributed by atoms with Crippen molar-refractivity contribution >= 4 is 28.4 Å². The number of carbonyl (C=O) groups excluding carboxylic acids is 2. The zero-order valence-corrected chi connectivity index (χ0v) is 16.1. The van der Waals surface area contributed by atoms with Gasteiger partial charge in [-0.1, -0.05) is 36.4 Å². The van der Waals surface area contributed by atoms with E-state index in [1.165, 1.54) is 0 Å². The first-order valence-corrected chi connectivity index (χ1v) is 9.81. The van der Waals surface area contributed by atoms with Gasteiger partial charge >= 0.3 is 0 Å². The summed E-state index contributed by atoms with van der Waals surface area (Å²) < 4.78 is 5.54. The van der Waals surface area contributed by atoms with Gasteiger partial charge in [-0.05, 0) is 37.1 Å². The number of pyridine rings is 1. The van der Waals surface area contributed by atoms with Crippen LogP contribution in [0.1, 0.15) is 12.8 Å². The maximum absolute atomic E-state index is 12.7. The number of carbonyl (C=O) groups is 2. The number of benzene rings is 2. The van der Waals surface area contributed by atoms with Gasteiger partial charge in [-0.25, -0.2) is 0 Å². The fraction of sp³-hybridized carbons (Fsp3) is 0.261. The van der Waals surface area contributed by atoms with Gasteiger partial charge in [0.15, 0.2) is 6.61 Å². The monoisotopic (exact) mass is 389 g/mol. The average molecular weight is 389 g/mol. The number of para-hydroxylation sites is 2. The number of hydrogen-bond acceptors (Lipinski definition) is 4. The van der Waals surface area contributed by atoms with E-state index < -0.39 is 0 Å². The van der Waals surface area contributed by atoms with Crippen LogP contribution in [0.4, 0.5) is 5.69 Å². The molecule has 6 heteroatoms. The Bertz CT molecular complexity index is 993. The Morgan fingerprint density at radius 3 is 2.55 bits per heavy atom. The van der Waals surface area contributed by atoms with E-state index in [-0.39, 0.29) is 24.3 Å². The van der Waals surface area contributed by atoms with E-state index in [2.05, 4.69) is 10.3 Å². The summed E-state index contributed by atoms with van der Waals surface area (Å²) in [5.74, 6) is 0.494. The molecule has 4 rings (SSSR count). The minimum Gasteiger partial charge on any atom is -0.484 e. The third kappa shape index (κ3) is 4.54. The molecule has 0 saturated carbocycles. The third-order valence-corrected chi connectivity index (χ3v) is 5.21. The number of aromatic nitrogens is 1. The first kappa shape index (κ1) is 18.9. The van der Waals surface area contributed by atoms with E-state index in [0.717, 1.165) is 16.6 Å². The van der Waals surface area contributed by atoms with Gasteiger partial charge in [-0.15, -0.1) is 0 Å². The highest BCUT2D eigenvalue weighted by atomic mass is 16.5. The maximum Gasteiger partial charge on any atom is 0.260 e. The van der Waals surface area contributed by atoms with E-state index in [1.807, 2.05) is 60.7 Å². The van der Waals surface area contributed by atoms with Crippen LogP contribution in [0.15, 0.2) is 66.9 Å². The number of ether oxygens (including phenoxy) is 1. The second-order valence-corrected chi connectivity index (χ2v) is 7.13. The minimum absolute atomic E-state index is 0.0164. The van der Waals surface area contributed by atoms with Gasteiger partial charge in [-0.2, -0.15) is 0 Å². The average Bonchev–Trinajstić information content (AvgIpc) is 2.78. The van der Waals surface area contributed by atoms with Crippen molar-refractivity contribution in [2.75, 3.05) is 25.0 Å². The molecule has 2 heterocycles. The highest BCUT2D eigenvalue weighted by Crippen LogP contribution is 2.24. The lowest BCUT2D eigenvalue weighted by atomic mass is 9.95. The molecular weight excluding hydrogens is 366 g/mol. The number of nitrogens with one attached hydrogen (secondary N) is 1. The summed E-state index contributed by atoms with van der Waals surface area (Å²) in [7, 11) is 0. The molecule has 6 nitrogen and oxygen atoms in total. The van der Waals surface area contributed by atoms with E-state index in [0.29, 0.717) is 31.7 Å². The smallest absolute Gasteiger partial charge is 0.260 e. The molecule has 1 N–H and O–H groups in total. The van der Waals surface area contributed by atoms with E-state index in [9.17, 15) is 9.59 Å². The van der Waals surface area contributed by atoms with Gasteiger partial charge < -0.3 is 15.0 Å². The number of amides is 2. The number of rotatable bonds is 5. The van der Waals surface area contributed by atoms with E-state index >= 15 is 0 Å². The van der Waals surface area contributed by atoms with E-state index in [4.69, 9.17) is 4.74 Å². The number of fused-ring (bicyclic) bond motifs is 1. The molecule has 0 aliphatic carbocycles. The topological polar surface area (TPSA) is 71.5 Å². The fourth-order valence-corrected chi connectivity index (χ4v) is 3.58. The molecule has 148 valence electrons. The van der Waals surface area contributed by atoms with Crippen LogP contribution in [-0.4, -0.2) is 41.4 Å². The number of likely N-dealkylation sites (tertiary alicyclic amines) is 1. The zero-order chi connectivity index (χ0) is 20.1. The highest BCUT2D eigenvalue weighted by Gasteiger charge is 2.27. The van der Waals surface area contributed by atoms with Gasteiger partial charge in [0.05, 0.1) is 11.2 Å². The van der Waals surface area contributed by atoms with Gasteiger partial charge in [0.25, 0.3) is 5.91 Å². The molecule has 1 aliphatic rings. The fourth-order valence-electron chi connectivity index (χ4n) is 3.58. The number of hydrogen-bond donors (Lipinski definition) is 1. The highest BCUT2D eigenvalue weighted by molar-refractivity contribution is 6.01. The molecule has 1 fully saturated rings. The summed E-state index contributed by atoms with van der Waals surface area (Å²) in [5, 5.41) is 4.01. The molecule has 1 aliphatic heterocycles. The standard InChI is InChI=1S/C23H23N3O3/c27-21(16-29-19-8-2-1-3-9-19)26-14-11-18(12-15-26)23(28)25-20-10-4-6-17-7-5-13-24-22(17)20/h1-10,13,18H,11-12,14-16H2,(H,25,28). The lowest BCUT2D eigenvalue weighted by molar-refractivity contribution is -0.136. The van der Waals surface area contributed by atoms with Crippen molar-refractivity contribution in [2.45, 2.75) is 12.8 Å². The molecule has 0 spiro atoms. The summed E-state index contributed by atoms with van der Waals surface area (Å²) in [6, 6.07) is 18.9. The van der Waals surface area contributed by atoms with Crippen LogP contribution in [-0.2, 0) is 9.59 Å². The molecule has 1 saturated heterocycles. The number of anilines is 1. The van der Waals surface area contributed by atoms with Crippen LogP contribution in [0, 0.1) is 5.92 Å². The molecule has 0 radical (unpaired) electrons. The Labute approximate surface area is 169 Å². The van der Waals surface area contributed by atoms with Gasteiger partial charge in [0.1, 0.15) is 5.75 Å². The van der Waals surface area contributed by atoms with Gasteiger partial charge in [0.2, 0.25) is 5.91 Å². The third-order valence-electron chi connectivity index (χ3n) is 5.21. The summed E-state index contributed by atoms with van der Waals surface area (Å²) in [6.07, 6.45) is 3.00. The van der Waals surface area contributed by atoms with Crippen LogP contribution < -0.4 is 10.1 Å². The maximum atomic E-state index is 12.7. The molecule has 2 aromatic carbocycles. The molecule has 1 aromatic heterocycles. The Balaban J connectivity index is 1.30.